The van der Waals surface area contributed by atoms with E-state index >= 15 is 0 Å². The van der Waals surface area contributed by atoms with Gasteiger partial charge >= 0.3 is 0 Å². The Morgan fingerprint density at radius 2 is 1.69 bits per heavy atom. The summed E-state index contributed by atoms with van der Waals surface area (Å²) < 4.78 is 33.2. The second-order valence-corrected chi connectivity index (χ2v) is 8.33. The number of carbonyl (C=O) groups excluding carboxylic acids is 2. The number of nitrogens with zero attached hydrogens (tertiary/aromatic N) is 2. The maximum Gasteiger partial charge on any atom is 0.275 e. The molecule has 168 valence electrons. The summed E-state index contributed by atoms with van der Waals surface area (Å²) in [5, 5.41) is 0. The number of methoxy groups -OCH3 is 1. The summed E-state index contributed by atoms with van der Waals surface area (Å²) >= 11 is 0. The summed E-state index contributed by atoms with van der Waals surface area (Å²) in [5.41, 5.74) is 6.46. The van der Waals surface area contributed by atoms with E-state index in [-0.39, 0.29) is 17.4 Å². The van der Waals surface area contributed by atoms with Crippen LogP contribution in [0.15, 0.2) is 47.5 Å². The molecule has 1 spiro atoms. The summed E-state index contributed by atoms with van der Waals surface area (Å²) in [7, 11) is 1.62. The predicted molar refractivity (Wildman–Crippen MR) is 115 cm³/mol. The van der Waals surface area contributed by atoms with Gasteiger partial charge in [-0.3, -0.25) is 19.5 Å². The van der Waals surface area contributed by atoms with Crippen LogP contribution >= 0.6 is 0 Å². The summed E-state index contributed by atoms with van der Waals surface area (Å²) in [5.74, 6) is -3.03. The Hall–Kier alpha value is -3.13. The number of ether oxygens (including phenoxy) is 1. The first-order valence-electron chi connectivity index (χ1n) is 10.6. The quantitative estimate of drug-likeness (QED) is 0.740. The first-order valence-corrected chi connectivity index (χ1v) is 10.6. The largest absolute Gasteiger partial charge is 0.377 e. The average Bonchev–Trinajstić information content (AvgIpc) is 3.33. The number of primary amides is 1. The van der Waals surface area contributed by atoms with Crippen LogP contribution in [-0.4, -0.2) is 35.2 Å². The third-order valence-electron chi connectivity index (χ3n) is 6.33. The van der Waals surface area contributed by atoms with Gasteiger partial charge in [0.2, 0.25) is 5.91 Å². The summed E-state index contributed by atoms with van der Waals surface area (Å²) in [6, 6.07) is 8.74. The molecule has 6 nitrogen and oxygen atoms in total. The van der Waals surface area contributed by atoms with Gasteiger partial charge < -0.3 is 10.5 Å². The smallest absolute Gasteiger partial charge is 0.275 e. The van der Waals surface area contributed by atoms with Gasteiger partial charge in [-0.05, 0) is 55.9 Å². The second kappa shape index (κ2) is 8.43. The molecule has 2 aliphatic rings. The first-order chi connectivity index (χ1) is 15.3. The lowest BCUT2D eigenvalue weighted by Crippen LogP contribution is -2.51. The van der Waals surface area contributed by atoms with Crippen molar-refractivity contribution in [2.45, 2.75) is 50.4 Å². The van der Waals surface area contributed by atoms with Crippen LogP contribution < -0.4 is 5.73 Å². The van der Waals surface area contributed by atoms with Crippen LogP contribution in [0, 0.1) is 11.6 Å². The number of rotatable bonds is 6. The molecular formula is C24H25F2N3O3. The Morgan fingerprint density at radius 3 is 2.22 bits per heavy atom. The van der Waals surface area contributed by atoms with Gasteiger partial charge in [-0.25, -0.2) is 8.78 Å². The standard InChI is InChI=1S/C24H25F2N3O3/c1-14(32-2)15-5-7-16(8-6-15)20-23(31)29(24(28-20)9-3-4-10-24)21(22(27)30)17-11-18(25)13-19(26)12-17/h5-8,11-14,21H,3-4,9-10H2,1-2H3,(H2,27,30). The predicted octanol–water partition coefficient (Wildman–Crippen LogP) is 3.80. The first kappa shape index (κ1) is 22.1. The Labute approximate surface area is 185 Å². The third-order valence-corrected chi connectivity index (χ3v) is 6.33. The molecule has 0 radical (unpaired) electrons. The lowest BCUT2D eigenvalue weighted by atomic mass is 9.98. The van der Waals surface area contributed by atoms with E-state index in [1.807, 2.05) is 19.1 Å². The monoisotopic (exact) mass is 441 g/mol. The van der Waals surface area contributed by atoms with Crippen molar-refractivity contribution >= 4 is 17.5 Å². The maximum absolute atomic E-state index is 13.9. The van der Waals surface area contributed by atoms with Crippen LogP contribution in [0.3, 0.4) is 0 Å². The molecule has 1 fully saturated rings. The van der Waals surface area contributed by atoms with Crippen molar-refractivity contribution in [3.63, 3.8) is 0 Å². The zero-order valence-corrected chi connectivity index (χ0v) is 18.0. The van der Waals surface area contributed by atoms with Crippen molar-refractivity contribution in [1.29, 1.82) is 0 Å². The van der Waals surface area contributed by atoms with E-state index in [1.54, 1.807) is 19.2 Å². The molecule has 0 saturated heterocycles. The number of nitrogens with two attached hydrogens (primary N) is 1. The lowest BCUT2D eigenvalue weighted by molar-refractivity contribution is -0.139. The number of carbonyl (C=O) groups is 2. The second-order valence-electron chi connectivity index (χ2n) is 8.33. The van der Waals surface area contributed by atoms with Gasteiger partial charge in [0.25, 0.3) is 5.91 Å². The van der Waals surface area contributed by atoms with Crippen LogP contribution in [0.4, 0.5) is 8.78 Å². The molecule has 0 bridgehead atoms. The van der Waals surface area contributed by atoms with Gasteiger partial charge in [-0.1, -0.05) is 24.3 Å². The molecule has 2 aromatic carbocycles. The molecule has 0 aromatic heterocycles. The summed E-state index contributed by atoms with van der Waals surface area (Å²) in [6.07, 6.45) is 2.61. The topological polar surface area (TPSA) is 85.0 Å². The molecule has 2 atom stereocenters. The molecule has 2 aromatic rings. The van der Waals surface area contributed by atoms with Crippen molar-refractivity contribution in [2.24, 2.45) is 10.7 Å². The van der Waals surface area contributed by atoms with Crippen LogP contribution in [0.25, 0.3) is 0 Å². The molecule has 2 unspecified atom stereocenters. The number of benzene rings is 2. The fourth-order valence-electron chi connectivity index (χ4n) is 4.67. The fraction of sp³-hybridized carbons (Fsp3) is 0.375. The van der Waals surface area contributed by atoms with Crippen LogP contribution in [0.2, 0.25) is 0 Å². The van der Waals surface area contributed by atoms with E-state index in [0.717, 1.165) is 30.5 Å². The van der Waals surface area contributed by atoms with E-state index in [9.17, 15) is 18.4 Å². The highest BCUT2D eigenvalue weighted by Crippen LogP contribution is 2.45. The Balaban J connectivity index is 1.77. The van der Waals surface area contributed by atoms with Crippen LogP contribution in [0.1, 0.15) is 61.4 Å². The highest BCUT2D eigenvalue weighted by Gasteiger charge is 2.53. The van der Waals surface area contributed by atoms with Gasteiger partial charge in [0.15, 0.2) is 0 Å². The van der Waals surface area contributed by atoms with Gasteiger partial charge in [-0.2, -0.15) is 0 Å². The lowest BCUT2D eigenvalue weighted by Gasteiger charge is -2.37. The molecule has 1 aliphatic heterocycles. The number of aliphatic imine (C=N–C) groups is 1. The highest BCUT2D eigenvalue weighted by atomic mass is 19.1. The number of halogens is 2. The Bertz CT molecular complexity index is 1060. The number of amides is 2. The molecule has 32 heavy (non-hydrogen) atoms. The summed E-state index contributed by atoms with van der Waals surface area (Å²) in [4.78, 5) is 32.2. The molecule has 8 heteroatoms. The normalized spacial score (nSPS) is 19.3. The zero-order valence-electron chi connectivity index (χ0n) is 18.0. The van der Waals surface area contributed by atoms with E-state index in [4.69, 9.17) is 15.5 Å². The van der Waals surface area contributed by atoms with E-state index in [0.29, 0.717) is 24.5 Å². The molecule has 2 amide bonds. The summed E-state index contributed by atoms with van der Waals surface area (Å²) in [6.45, 7) is 1.91. The van der Waals surface area contributed by atoms with E-state index in [2.05, 4.69) is 0 Å². The van der Waals surface area contributed by atoms with Crippen molar-refractivity contribution in [3.05, 3.63) is 70.8 Å². The molecule has 1 aliphatic carbocycles. The van der Waals surface area contributed by atoms with Gasteiger partial charge in [-0.15, -0.1) is 0 Å². The average molecular weight is 441 g/mol. The van der Waals surface area contributed by atoms with Crippen LogP contribution in [0.5, 0.6) is 0 Å². The van der Waals surface area contributed by atoms with Crippen molar-refractivity contribution < 1.29 is 23.1 Å². The third kappa shape index (κ3) is 3.79. The molecular weight excluding hydrogens is 416 g/mol. The number of hydrogen-bond donors (Lipinski definition) is 1. The minimum Gasteiger partial charge on any atom is -0.377 e. The highest BCUT2D eigenvalue weighted by molar-refractivity contribution is 6.47. The van der Waals surface area contributed by atoms with E-state index < -0.39 is 35.2 Å². The fourth-order valence-corrected chi connectivity index (χ4v) is 4.67. The molecule has 1 saturated carbocycles. The van der Waals surface area contributed by atoms with E-state index in [1.165, 1.54) is 4.90 Å². The maximum atomic E-state index is 13.9. The Kier molecular flexibility index (Phi) is 5.81. The SMILES string of the molecule is COC(C)c1ccc(C2=NC3(CCCC3)N(C(C(N)=O)c3cc(F)cc(F)c3)C2=O)cc1. The van der Waals surface area contributed by atoms with Gasteiger partial charge in [0, 0.05) is 18.7 Å². The molecule has 2 N–H and O–H groups in total. The van der Waals surface area contributed by atoms with Crippen molar-refractivity contribution in [1.82, 2.24) is 4.90 Å². The number of hydrogen-bond acceptors (Lipinski definition) is 4. The van der Waals surface area contributed by atoms with Gasteiger partial charge in [0.1, 0.15) is 29.1 Å². The Morgan fingerprint density at radius 1 is 1.09 bits per heavy atom. The zero-order chi connectivity index (χ0) is 23.0. The van der Waals surface area contributed by atoms with Crippen molar-refractivity contribution in [2.75, 3.05) is 7.11 Å². The van der Waals surface area contributed by atoms with Gasteiger partial charge in [0.05, 0.1) is 6.10 Å². The minimum absolute atomic E-state index is 0.00431. The minimum atomic E-state index is -1.33. The van der Waals surface area contributed by atoms with Crippen LogP contribution in [-0.2, 0) is 14.3 Å². The van der Waals surface area contributed by atoms with Crippen molar-refractivity contribution in [3.8, 4) is 0 Å². The molecule has 1 heterocycles. The molecule has 4 rings (SSSR count).